The highest BCUT2D eigenvalue weighted by Crippen LogP contribution is 2.54. The van der Waals surface area contributed by atoms with Gasteiger partial charge in [-0.15, -0.1) is 0 Å². The monoisotopic (exact) mass is 964 g/mol. The van der Waals surface area contributed by atoms with Gasteiger partial charge < -0.3 is 47.8 Å². The Kier molecular flexibility index (Phi) is 12.2. The maximum Gasteiger partial charge on any atom is 0.263 e. The molecular formula is C53H52N6O12. The number of methoxy groups -OCH3 is 1. The number of hydrogen-bond donors (Lipinski definition) is 2. The van der Waals surface area contributed by atoms with Gasteiger partial charge in [0, 0.05) is 60.7 Å². The van der Waals surface area contributed by atoms with Gasteiger partial charge in [-0.2, -0.15) is 0 Å². The molecule has 7 heterocycles. The van der Waals surface area contributed by atoms with E-state index in [1.807, 2.05) is 31.3 Å². The van der Waals surface area contributed by atoms with Crippen LogP contribution in [-0.4, -0.2) is 140 Å². The molecule has 2 fully saturated rings. The number of amides is 6. The average Bonchev–Trinajstić information content (AvgIpc) is 4.08. The van der Waals surface area contributed by atoms with Gasteiger partial charge >= 0.3 is 0 Å². The van der Waals surface area contributed by atoms with E-state index in [-0.39, 0.29) is 68.1 Å². The predicted molar refractivity (Wildman–Crippen MR) is 257 cm³/mol. The summed E-state index contributed by atoms with van der Waals surface area (Å²) < 4.78 is 40.8. The van der Waals surface area contributed by atoms with Gasteiger partial charge in [0.15, 0.2) is 5.72 Å². The lowest BCUT2D eigenvalue weighted by Crippen LogP contribution is -2.61. The van der Waals surface area contributed by atoms with Crippen LogP contribution in [0, 0.1) is 11.8 Å². The van der Waals surface area contributed by atoms with Gasteiger partial charge in [-0.25, -0.2) is 0 Å². The third kappa shape index (κ3) is 7.57. The van der Waals surface area contributed by atoms with Crippen LogP contribution in [-0.2, 0) is 55.1 Å². The van der Waals surface area contributed by atoms with Crippen LogP contribution < -0.4 is 10.6 Å². The number of nitrogens with one attached hydrogen (secondary N) is 2. The number of nitrogens with zero attached hydrogens (tertiary/aromatic N) is 4. The molecule has 2 bridgehead atoms. The Labute approximate surface area is 407 Å². The summed E-state index contributed by atoms with van der Waals surface area (Å²) in [6, 6.07) is 19.7. The van der Waals surface area contributed by atoms with E-state index in [2.05, 4.69) is 62.8 Å². The van der Waals surface area contributed by atoms with E-state index in [0.717, 1.165) is 54.1 Å². The fourth-order valence-corrected chi connectivity index (χ4v) is 11.4. The first-order valence-electron chi connectivity index (χ1n) is 23.9. The third-order valence-electron chi connectivity index (χ3n) is 14.5. The van der Waals surface area contributed by atoms with Gasteiger partial charge in [0.25, 0.3) is 17.7 Å². The van der Waals surface area contributed by atoms with Crippen molar-refractivity contribution in [1.29, 1.82) is 0 Å². The van der Waals surface area contributed by atoms with Crippen LogP contribution in [0.1, 0.15) is 81.0 Å². The predicted octanol–water partition coefficient (Wildman–Crippen LogP) is 4.50. The summed E-state index contributed by atoms with van der Waals surface area (Å²) in [6.07, 6.45) is -0.332. The topological polar surface area (TPSA) is 198 Å². The summed E-state index contributed by atoms with van der Waals surface area (Å²) in [5.41, 5.74) is 5.13. The molecule has 2 unspecified atom stereocenters. The number of rotatable bonds is 16. The molecule has 71 heavy (non-hydrogen) atoms. The quantitative estimate of drug-likeness (QED) is 0.0784. The van der Waals surface area contributed by atoms with Crippen LogP contribution in [0.15, 0.2) is 66.7 Å². The smallest absolute Gasteiger partial charge is 0.263 e. The van der Waals surface area contributed by atoms with Gasteiger partial charge in [-0.3, -0.25) is 39.0 Å². The molecule has 2 saturated heterocycles. The third-order valence-corrected chi connectivity index (χ3v) is 14.5. The van der Waals surface area contributed by atoms with Crippen LogP contribution in [0.25, 0.3) is 43.6 Å². The molecule has 18 nitrogen and oxygen atoms in total. The number of imide groups is 2. The molecule has 0 spiro atoms. The van der Waals surface area contributed by atoms with Crippen molar-refractivity contribution < 1.29 is 57.2 Å². The molecule has 2 N–H and O–H groups in total. The number of hydrogen-bond acceptors (Lipinski definition) is 12. The molecule has 11 rings (SSSR count). The number of benzene rings is 4. The van der Waals surface area contributed by atoms with Gasteiger partial charge in [-0.05, 0) is 43.2 Å². The van der Waals surface area contributed by atoms with Crippen molar-refractivity contribution in [3.63, 3.8) is 0 Å². The number of aromatic nitrogens is 2. The number of likely N-dealkylation sites (N-methyl/N-ethyl adjacent to an activating group) is 1. The van der Waals surface area contributed by atoms with Gasteiger partial charge in [-0.1, -0.05) is 54.3 Å². The highest BCUT2D eigenvalue weighted by atomic mass is 16.6. The first kappa shape index (κ1) is 46.4. The standard InChI is InChI=1S/C53H52N6O12/c1-53-48(66-3)38(28-41(71-53)57-35-15-6-4-12-31(35)44-45-34(29-54-50(45)63)43-32-13-5-7-16-36(32)59(53)47(43)46(44)57)56(2)40(61)19-21-68-23-25-70-27-26-69-24-22-67-20-9-11-30-10-8-14-33-42(30)52(65)58(51(33)64)37-17-18-39(60)55-49(37)62/h4-8,10,12-16,37-38,41,48H,17-29H2,1-3H3,(H,54,63)(H,55,60,62)/t37?,38?,41-,48-,53+/m1/s1. The summed E-state index contributed by atoms with van der Waals surface area (Å²) in [6.45, 7) is 4.59. The van der Waals surface area contributed by atoms with Gasteiger partial charge in [0.05, 0.1) is 97.5 Å². The van der Waals surface area contributed by atoms with Crippen molar-refractivity contribution in [2.24, 2.45) is 0 Å². The van der Waals surface area contributed by atoms with Crippen LogP contribution in [0.5, 0.6) is 0 Å². The molecule has 0 aliphatic carbocycles. The van der Waals surface area contributed by atoms with E-state index in [9.17, 15) is 28.8 Å². The van der Waals surface area contributed by atoms with E-state index < -0.39 is 47.7 Å². The zero-order valence-corrected chi connectivity index (χ0v) is 39.5. The number of para-hydroxylation sites is 2. The Bertz CT molecular complexity index is 3290. The Balaban J connectivity index is 0.652. The van der Waals surface area contributed by atoms with Gasteiger partial charge in [0.1, 0.15) is 25.0 Å². The molecule has 4 aromatic carbocycles. The lowest BCUT2D eigenvalue weighted by atomic mass is 9.91. The molecule has 6 aromatic rings. The molecule has 5 aliphatic rings. The van der Waals surface area contributed by atoms with Crippen molar-refractivity contribution in [2.75, 3.05) is 67.0 Å². The van der Waals surface area contributed by atoms with E-state index in [1.165, 1.54) is 6.07 Å². The largest absolute Gasteiger partial charge is 0.379 e. The van der Waals surface area contributed by atoms with Crippen molar-refractivity contribution >= 4 is 79.1 Å². The Morgan fingerprint density at radius 2 is 1.51 bits per heavy atom. The number of piperidine rings is 1. The molecule has 2 aromatic heterocycles. The number of carbonyl (C=O) groups excluding carboxylic acids is 6. The highest BCUT2D eigenvalue weighted by Gasteiger charge is 2.55. The van der Waals surface area contributed by atoms with E-state index in [4.69, 9.17) is 28.4 Å². The molecule has 0 saturated carbocycles. The van der Waals surface area contributed by atoms with Crippen LogP contribution in [0.3, 0.4) is 0 Å². The minimum atomic E-state index is -1.06. The van der Waals surface area contributed by atoms with Gasteiger partial charge in [0.2, 0.25) is 17.7 Å². The zero-order chi connectivity index (χ0) is 49.1. The first-order chi connectivity index (χ1) is 34.5. The Morgan fingerprint density at radius 1 is 0.817 bits per heavy atom. The zero-order valence-electron chi connectivity index (χ0n) is 39.5. The minimum absolute atomic E-state index is 0.0385. The Hall–Kier alpha value is -6.98. The number of ether oxygens (including phenoxy) is 6. The molecule has 18 heteroatoms. The fourth-order valence-electron chi connectivity index (χ4n) is 11.4. The van der Waals surface area contributed by atoms with Crippen molar-refractivity contribution in [1.82, 2.24) is 29.6 Å². The lowest BCUT2D eigenvalue weighted by Gasteiger charge is -2.50. The van der Waals surface area contributed by atoms with Crippen LogP contribution >= 0.6 is 0 Å². The summed E-state index contributed by atoms with van der Waals surface area (Å²) in [5, 5.41) is 9.26. The average molecular weight is 965 g/mol. The molecular weight excluding hydrogens is 913 g/mol. The normalized spacial score (nSPS) is 22.3. The summed E-state index contributed by atoms with van der Waals surface area (Å²) in [4.78, 5) is 80.8. The molecule has 5 aliphatic heterocycles. The number of fused-ring (bicyclic) bond motifs is 14. The Morgan fingerprint density at radius 3 is 2.24 bits per heavy atom. The maximum atomic E-state index is 14.0. The summed E-state index contributed by atoms with van der Waals surface area (Å²) in [5.74, 6) is 3.28. The fraction of sp³-hybridized carbons (Fsp3) is 0.396. The second-order valence-electron chi connectivity index (χ2n) is 18.4. The molecule has 0 radical (unpaired) electrons. The lowest BCUT2D eigenvalue weighted by molar-refractivity contribution is -0.266. The van der Waals surface area contributed by atoms with Crippen molar-refractivity contribution in [3.8, 4) is 11.8 Å². The van der Waals surface area contributed by atoms with E-state index >= 15 is 0 Å². The maximum absolute atomic E-state index is 14.0. The molecule has 366 valence electrons. The highest BCUT2D eigenvalue weighted by molar-refractivity contribution is 6.31. The summed E-state index contributed by atoms with van der Waals surface area (Å²) in [7, 11) is 3.50. The number of carbonyl (C=O) groups is 6. The van der Waals surface area contributed by atoms with E-state index in [0.29, 0.717) is 57.1 Å². The van der Waals surface area contributed by atoms with Crippen LogP contribution in [0.4, 0.5) is 0 Å². The second-order valence-corrected chi connectivity index (χ2v) is 18.4. The first-order valence-corrected chi connectivity index (χ1v) is 23.9. The summed E-state index contributed by atoms with van der Waals surface area (Å²) >= 11 is 0. The minimum Gasteiger partial charge on any atom is -0.379 e. The van der Waals surface area contributed by atoms with E-state index in [1.54, 1.807) is 24.1 Å². The second kappa shape index (κ2) is 18.6. The SMILES string of the molecule is CO[C@@H]1C(N(C)C(=O)CCOCCOCCOCCOCC#Cc2cccc3c2C(=O)N(C2CCC(=O)NC2=O)C3=O)C[C@H]2O[C@]1(C)n1c3ccccc3c3c4c(c5c6ccccc6n2c5c31)C(=O)NC4. The van der Waals surface area contributed by atoms with Crippen molar-refractivity contribution in [3.05, 3.63) is 94.5 Å². The molecule has 5 atom stereocenters. The van der Waals surface area contributed by atoms with Crippen LogP contribution in [0.2, 0.25) is 0 Å². The van der Waals surface area contributed by atoms with Crippen molar-refractivity contribution in [2.45, 2.75) is 69.3 Å². The molecule has 6 amide bonds.